The number of rotatable bonds is 7. The molecule has 4 heteroatoms. The van der Waals surface area contributed by atoms with E-state index in [9.17, 15) is 0 Å². The third-order valence-electron chi connectivity index (χ3n) is 3.60. The highest BCUT2D eigenvalue weighted by atomic mass is 14.9. The fraction of sp³-hybridized carbons (Fsp3) is 0.533. The molecule has 2 aromatic rings. The van der Waals surface area contributed by atoms with E-state index in [4.69, 9.17) is 5.73 Å². The normalized spacial score (nSPS) is 13.0. The molecule has 4 N–H and O–H groups in total. The number of benzene rings is 1. The molecule has 19 heavy (non-hydrogen) atoms. The molecule has 1 aromatic heterocycles. The third kappa shape index (κ3) is 3.78. The lowest BCUT2D eigenvalue weighted by atomic mass is 10.1. The van der Waals surface area contributed by atoms with Crippen molar-refractivity contribution in [2.45, 2.75) is 26.7 Å². The molecule has 4 nitrogen and oxygen atoms in total. The summed E-state index contributed by atoms with van der Waals surface area (Å²) in [6, 6.07) is 6.44. The zero-order valence-corrected chi connectivity index (χ0v) is 11.9. The van der Waals surface area contributed by atoms with Gasteiger partial charge in [0.15, 0.2) is 0 Å². The summed E-state index contributed by atoms with van der Waals surface area (Å²) in [4.78, 5) is 7.69. The zero-order valence-electron chi connectivity index (χ0n) is 11.9. The molecule has 104 valence electrons. The van der Waals surface area contributed by atoms with Crippen LogP contribution in [0.25, 0.3) is 11.0 Å². The van der Waals surface area contributed by atoms with Gasteiger partial charge in [-0.1, -0.05) is 19.4 Å². The standard InChI is InChI=1S/C15H24N4/c1-3-12(9-16)10-17-7-6-13-4-5-14-15(8-13)19-11(2)18-14/h4-5,8,12,17H,3,6-7,9-10,16H2,1-2H3,(H,18,19). The van der Waals surface area contributed by atoms with E-state index in [1.807, 2.05) is 6.92 Å². The lowest BCUT2D eigenvalue weighted by molar-refractivity contribution is 0.474. The first-order valence-corrected chi connectivity index (χ1v) is 7.09. The van der Waals surface area contributed by atoms with Crippen LogP contribution in [0.5, 0.6) is 0 Å². The topological polar surface area (TPSA) is 66.7 Å². The second kappa shape index (κ2) is 6.68. The van der Waals surface area contributed by atoms with Crippen molar-refractivity contribution in [1.82, 2.24) is 15.3 Å². The molecule has 2 rings (SSSR count). The van der Waals surface area contributed by atoms with Gasteiger partial charge in [0.2, 0.25) is 0 Å². The highest BCUT2D eigenvalue weighted by Crippen LogP contribution is 2.13. The van der Waals surface area contributed by atoms with Gasteiger partial charge in [0, 0.05) is 0 Å². The molecule has 0 radical (unpaired) electrons. The number of hydrogen-bond donors (Lipinski definition) is 3. The molecule has 0 amide bonds. The van der Waals surface area contributed by atoms with E-state index in [2.05, 4.69) is 40.4 Å². The van der Waals surface area contributed by atoms with E-state index in [1.165, 1.54) is 5.56 Å². The maximum absolute atomic E-state index is 5.69. The molecule has 0 aliphatic carbocycles. The van der Waals surface area contributed by atoms with Crippen LogP contribution in [0.3, 0.4) is 0 Å². The van der Waals surface area contributed by atoms with Gasteiger partial charge >= 0.3 is 0 Å². The van der Waals surface area contributed by atoms with Crippen LogP contribution in [0.1, 0.15) is 24.7 Å². The fourth-order valence-electron chi connectivity index (χ4n) is 2.27. The molecule has 0 fully saturated rings. The minimum atomic E-state index is 0.595. The molecular formula is C15H24N4. The van der Waals surface area contributed by atoms with Crippen molar-refractivity contribution < 1.29 is 0 Å². The Morgan fingerprint density at radius 1 is 1.42 bits per heavy atom. The lowest BCUT2D eigenvalue weighted by Crippen LogP contribution is -2.29. The predicted octanol–water partition coefficient (Wildman–Crippen LogP) is 1.99. The molecule has 1 unspecified atom stereocenters. The molecule has 1 heterocycles. The Morgan fingerprint density at radius 2 is 2.26 bits per heavy atom. The van der Waals surface area contributed by atoms with Crippen molar-refractivity contribution in [2.24, 2.45) is 11.7 Å². The number of H-pyrrole nitrogens is 1. The Kier molecular flexibility index (Phi) is 4.93. The van der Waals surface area contributed by atoms with Crippen LogP contribution < -0.4 is 11.1 Å². The number of imidazole rings is 1. The molecular weight excluding hydrogens is 236 g/mol. The average molecular weight is 260 g/mol. The van der Waals surface area contributed by atoms with Gasteiger partial charge in [-0.3, -0.25) is 0 Å². The number of fused-ring (bicyclic) bond motifs is 1. The molecule has 0 saturated heterocycles. The van der Waals surface area contributed by atoms with Crippen molar-refractivity contribution in [3.63, 3.8) is 0 Å². The van der Waals surface area contributed by atoms with Crippen molar-refractivity contribution in [2.75, 3.05) is 19.6 Å². The Morgan fingerprint density at radius 3 is 3.00 bits per heavy atom. The summed E-state index contributed by atoms with van der Waals surface area (Å²) < 4.78 is 0. The summed E-state index contributed by atoms with van der Waals surface area (Å²) in [6.07, 6.45) is 2.18. The minimum absolute atomic E-state index is 0.595. The van der Waals surface area contributed by atoms with Gasteiger partial charge in [-0.15, -0.1) is 0 Å². The van der Waals surface area contributed by atoms with E-state index in [0.717, 1.165) is 49.3 Å². The van der Waals surface area contributed by atoms with Crippen LogP contribution >= 0.6 is 0 Å². The quantitative estimate of drug-likeness (QED) is 0.667. The monoisotopic (exact) mass is 260 g/mol. The highest BCUT2D eigenvalue weighted by molar-refractivity contribution is 5.75. The average Bonchev–Trinajstić information content (AvgIpc) is 2.78. The van der Waals surface area contributed by atoms with Crippen LogP contribution in [0.4, 0.5) is 0 Å². The molecule has 0 saturated carbocycles. The zero-order chi connectivity index (χ0) is 13.7. The van der Waals surface area contributed by atoms with Gasteiger partial charge in [-0.25, -0.2) is 4.98 Å². The second-order valence-electron chi connectivity index (χ2n) is 5.14. The van der Waals surface area contributed by atoms with E-state index >= 15 is 0 Å². The molecule has 0 aliphatic rings. The number of nitrogens with zero attached hydrogens (tertiary/aromatic N) is 1. The Labute approximate surface area is 114 Å². The van der Waals surface area contributed by atoms with Crippen molar-refractivity contribution in [3.8, 4) is 0 Å². The molecule has 0 aliphatic heterocycles. The van der Waals surface area contributed by atoms with Gasteiger partial charge in [0.05, 0.1) is 11.0 Å². The number of aromatic amines is 1. The fourth-order valence-corrected chi connectivity index (χ4v) is 2.27. The molecule has 0 bridgehead atoms. The summed E-state index contributed by atoms with van der Waals surface area (Å²) in [5.41, 5.74) is 9.20. The molecule has 0 spiro atoms. The van der Waals surface area contributed by atoms with Crippen LogP contribution in [0, 0.1) is 12.8 Å². The number of nitrogens with one attached hydrogen (secondary N) is 2. The minimum Gasteiger partial charge on any atom is -0.342 e. The van der Waals surface area contributed by atoms with E-state index in [-0.39, 0.29) is 0 Å². The summed E-state index contributed by atoms with van der Waals surface area (Å²) in [5.74, 6) is 1.57. The van der Waals surface area contributed by atoms with Crippen LogP contribution in [0.15, 0.2) is 18.2 Å². The summed E-state index contributed by atoms with van der Waals surface area (Å²) in [7, 11) is 0. The van der Waals surface area contributed by atoms with Gasteiger partial charge < -0.3 is 16.0 Å². The number of nitrogens with two attached hydrogens (primary N) is 1. The van der Waals surface area contributed by atoms with Crippen LogP contribution in [-0.2, 0) is 6.42 Å². The summed E-state index contributed by atoms with van der Waals surface area (Å²) in [6.45, 7) is 6.95. The van der Waals surface area contributed by atoms with Gasteiger partial charge in [-0.2, -0.15) is 0 Å². The van der Waals surface area contributed by atoms with Crippen molar-refractivity contribution in [3.05, 3.63) is 29.6 Å². The van der Waals surface area contributed by atoms with Gasteiger partial charge in [-0.05, 0) is 56.6 Å². The first kappa shape index (κ1) is 14.0. The number of aromatic nitrogens is 2. The number of aryl methyl sites for hydroxylation is 1. The largest absolute Gasteiger partial charge is 0.342 e. The molecule has 1 atom stereocenters. The predicted molar refractivity (Wildman–Crippen MR) is 80.2 cm³/mol. The third-order valence-corrected chi connectivity index (χ3v) is 3.60. The first-order chi connectivity index (χ1) is 9.22. The Bertz CT molecular complexity index is 514. The first-order valence-electron chi connectivity index (χ1n) is 7.09. The summed E-state index contributed by atoms with van der Waals surface area (Å²) >= 11 is 0. The maximum atomic E-state index is 5.69. The van der Waals surface area contributed by atoms with Gasteiger partial charge in [0.1, 0.15) is 5.82 Å². The number of hydrogen-bond acceptors (Lipinski definition) is 3. The Hall–Kier alpha value is -1.39. The SMILES string of the molecule is CCC(CN)CNCCc1ccc2nc(C)[nH]c2c1. The second-order valence-corrected chi connectivity index (χ2v) is 5.14. The smallest absolute Gasteiger partial charge is 0.104 e. The summed E-state index contributed by atoms with van der Waals surface area (Å²) in [5, 5.41) is 3.48. The van der Waals surface area contributed by atoms with Crippen molar-refractivity contribution >= 4 is 11.0 Å². The van der Waals surface area contributed by atoms with Gasteiger partial charge in [0.25, 0.3) is 0 Å². The Balaban J connectivity index is 1.84. The highest BCUT2D eigenvalue weighted by Gasteiger charge is 2.03. The van der Waals surface area contributed by atoms with Crippen LogP contribution in [-0.4, -0.2) is 29.6 Å². The van der Waals surface area contributed by atoms with Crippen LogP contribution in [0.2, 0.25) is 0 Å². The maximum Gasteiger partial charge on any atom is 0.104 e. The van der Waals surface area contributed by atoms with E-state index < -0.39 is 0 Å². The van der Waals surface area contributed by atoms with E-state index in [0.29, 0.717) is 5.92 Å². The van der Waals surface area contributed by atoms with E-state index in [1.54, 1.807) is 0 Å². The lowest BCUT2D eigenvalue weighted by Gasteiger charge is -2.12. The van der Waals surface area contributed by atoms with Crippen molar-refractivity contribution in [1.29, 1.82) is 0 Å². The molecule has 1 aromatic carbocycles.